The van der Waals surface area contributed by atoms with Crippen molar-refractivity contribution in [2.45, 2.75) is 25.4 Å². The van der Waals surface area contributed by atoms with Crippen molar-refractivity contribution in [1.29, 1.82) is 0 Å². The second kappa shape index (κ2) is 7.06. The van der Waals surface area contributed by atoms with Gasteiger partial charge in [0.15, 0.2) is 0 Å². The second-order valence-corrected chi connectivity index (χ2v) is 5.68. The fourth-order valence-corrected chi connectivity index (χ4v) is 2.81. The molecule has 1 saturated heterocycles. The van der Waals surface area contributed by atoms with Crippen LogP contribution in [0.5, 0.6) is 5.75 Å². The lowest BCUT2D eigenvalue weighted by Gasteiger charge is -2.33. The van der Waals surface area contributed by atoms with E-state index in [1.54, 1.807) is 24.3 Å². The molecule has 6 heteroatoms. The molecule has 1 amide bonds. The van der Waals surface area contributed by atoms with E-state index in [9.17, 15) is 18.0 Å². The van der Waals surface area contributed by atoms with Crippen LogP contribution < -0.4 is 4.74 Å². The lowest BCUT2D eigenvalue weighted by Crippen LogP contribution is -2.45. The zero-order chi connectivity index (χ0) is 17.0. The molecule has 0 saturated carbocycles. The molecule has 1 aliphatic rings. The van der Waals surface area contributed by atoms with E-state index in [-0.39, 0.29) is 25.3 Å². The highest BCUT2D eigenvalue weighted by molar-refractivity contribution is 5.79. The molecule has 0 radical (unpaired) electrons. The lowest BCUT2D eigenvalue weighted by molar-refractivity contribution is -0.187. The van der Waals surface area contributed by atoms with E-state index < -0.39 is 12.1 Å². The van der Waals surface area contributed by atoms with E-state index in [1.807, 2.05) is 0 Å². The molecule has 1 fully saturated rings. The number of benzene rings is 1. The quantitative estimate of drug-likeness (QED) is 0.844. The van der Waals surface area contributed by atoms with E-state index in [1.165, 1.54) is 12.0 Å². The Hall–Kier alpha value is -1.98. The topological polar surface area (TPSA) is 29.5 Å². The van der Waals surface area contributed by atoms with Crippen LogP contribution in [-0.4, -0.2) is 37.2 Å². The summed E-state index contributed by atoms with van der Waals surface area (Å²) in [5.41, 5.74) is 1.49. The highest BCUT2D eigenvalue weighted by Gasteiger charge is 2.42. The van der Waals surface area contributed by atoms with Gasteiger partial charge >= 0.3 is 6.18 Å². The Labute approximate surface area is 133 Å². The average molecular weight is 327 g/mol. The molecule has 1 atom stereocenters. The van der Waals surface area contributed by atoms with Crippen molar-refractivity contribution >= 4 is 12.0 Å². The summed E-state index contributed by atoms with van der Waals surface area (Å²) < 4.78 is 43.6. The maximum atomic E-state index is 12.8. The summed E-state index contributed by atoms with van der Waals surface area (Å²) in [4.78, 5) is 13.6. The second-order valence-electron chi connectivity index (χ2n) is 5.68. The van der Waals surface area contributed by atoms with E-state index >= 15 is 0 Å². The van der Waals surface area contributed by atoms with Gasteiger partial charge in [0, 0.05) is 18.7 Å². The molecule has 126 valence electrons. The summed E-state index contributed by atoms with van der Waals surface area (Å²) in [5.74, 6) is -1.05. The fourth-order valence-electron chi connectivity index (χ4n) is 2.81. The van der Waals surface area contributed by atoms with Crippen LogP contribution in [0.3, 0.4) is 0 Å². The monoisotopic (exact) mass is 327 g/mol. The minimum absolute atomic E-state index is 0.0788. The predicted octanol–water partition coefficient (Wildman–Crippen LogP) is 3.68. The summed E-state index contributed by atoms with van der Waals surface area (Å²) in [6.07, 6.45) is -2.06. The molecule has 2 rings (SSSR count). The van der Waals surface area contributed by atoms with Gasteiger partial charge in [-0.15, -0.1) is 0 Å². The van der Waals surface area contributed by atoms with Gasteiger partial charge in [0.25, 0.3) is 0 Å². The van der Waals surface area contributed by atoms with Gasteiger partial charge in [-0.05, 0) is 30.5 Å². The maximum absolute atomic E-state index is 12.8. The summed E-state index contributed by atoms with van der Waals surface area (Å²) >= 11 is 0. The zero-order valence-electron chi connectivity index (χ0n) is 13.0. The van der Waals surface area contributed by atoms with Crippen LogP contribution in [0.15, 0.2) is 24.8 Å². The van der Waals surface area contributed by atoms with Crippen molar-refractivity contribution < 1.29 is 22.7 Å². The lowest BCUT2D eigenvalue weighted by atomic mass is 9.96. The molecule has 0 aliphatic carbocycles. The molecule has 3 nitrogen and oxygen atoms in total. The molecule has 0 bridgehead atoms. The average Bonchev–Trinajstić information content (AvgIpc) is 2.54. The molecule has 1 aromatic carbocycles. The Bertz CT molecular complexity index is 584. The summed E-state index contributed by atoms with van der Waals surface area (Å²) in [7, 11) is 1.54. The van der Waals surface area contributed by atoms with Crippen molar-refractivity contribution in [3.8, 4) is 5.75 Å². The van der Waals surface area contributed by atoms with Crippen molar-refractivity contribution in [3.63, 3.8) is 0 Å². The molecule has 1 heterocycles. The Morgan fingerprint density at radius 3 is 2.83 bits per heavy atom. The first-order chi connectivity index (χ1) is 10.8. The number of carbonyl (C=O) groups is 1. The third kappa shape index (κ3) is 4.27. The van der Waals surface area contributed by atoms with Crippen LogP contribution in [0.1, 0.15) is 24.0 Å². The number of amides is 1. The summed E-state index contributed by atoms with van der Waals surface area (Å²) in [5, 5.41) is 0. The summed E-state index contributed by atoms with van der Waals surface area (Å²) in [6.45, 7) is 3.83. The highest BCUT2D eigenvalue weighted by atomic mass is 19.4. The normalized spacial score (nSPS) is 18.6. The molecule has 1 unspecified atom stereocenters. The Balaban J connectivity index is 2.05. The number of hydrogen-bond donors (Lipinski definition) is 0. The smallest absolute Gasteiger partial charge is 0.393 e. The van der Waals surface area contributed by atoms with Gasteiger partial charge in [-0.1, -0.05) is 18.7 Å². The molecule has 1 aliphatic heterocycles. The third-order valence-electron chi connectivity index (χ3n) is 4.11. The highest BCUT2D eigenvalue weighted by Crippen LogP contribution is 2.33. The number of carbonyl (C=O) groups excluding carboxylic acids is 1. The van der Waals surface area contributed by atoms with Crippen LogP contribution >= 0.6 is 0 Å². The van der Waals surface area contributed by atoms with Crippen LogP contribution in [0.2, 0.25) is 0 Å². The molecular formula is C17H20F3NO2. The van der Waals surface area contributed by atoms with Crippen molar-refractivity contribution in [2.75, 3.05) is 20.2 Å². The maximum Gasteiger partial charge on any atom is 0.393 e. The van der Waals surface area contributed by atoms with E-state index in [0.717, 1.165) is 11.1 Å². The van der Waals surface area contributed by atoms with Gasteiger partial charge in [0.1, 0.15) is 5.75 Å². The minimum atomic E-state index is -4.24. The molecule has 0 N–H and O–H groups in total. The molecular weight excluding hydrogens is 307 g/mol. The minimum Gasteiger partial charge on any atom is -0.496 e. The first-order valence-electron chi connectivity index (χ1n) is 7.49. The van der Waals surface area contributed by atoms with Gasteiger partial charge < -0.3 is 9.64 Å². The third-order valence-corrected chi connectivity index (χ3v) is 4.11. The predicted molar refractivity (Wildman–Crippen MR) is 82.1 cm³/mol. The molecule has 0 aromatic heterocycles. The van der Waals surface area contributed by atoms with E-state index in [0.29, 0.717) is 18.7 Å². The Morgan fingerprint density at radius 1 is 1.48 bits per heavy atom. The zero-order valence-corrected chi connectivity index (χ0v) is 13.0. The molecule has 23 heavy (non-hydrogen) atoms. The van der Waals surface area contributed by atoms with Crippen LogP contribution in [0.25, 0.3) is 6.08 Å². The fraction of sp³-hybridized carbons (Fsp3) is 0.471. The van der Waals surface area contributed by atoms with Gasteiger partial charge in [-0.25, -0.2) is 0 Å². The van der Waals surface area contributed by atoms with Gasteiger partial charge in [0.2, 0.25) is 5.91 Å². The van der Waals surface area contributed by atoms with E-state index in [4.69, 9.17) is 4.74 Å². The van der Waals surface area contributed by atoms with Crippen molar-refractivity contribution in [2.24, 2.45) is 5.92 Å². The Morgan fingerprint density at radius 2 is 2.22 bits per heavy atom. The van der Waals surface area contributed by atoms with Crippen LogP contribution in [0.4, 0.5) is 13.2 Å². The Kier molecular flexibility index (Phi) is 5.34. The SMILES string of the molecule is C=Cc1cc(CC(=O)N2CCCC(C(F)(F)F)C2)ccc1OC. The number of methoxy groups -OCH3 is 1. The number of alkyl halides is 3. The number of ether oxygens (including phenoxy) is 1. The molecule has 0 spiro atoms. The standard InChI is InChI=1S/C17H20F3NO2/c1-3-13-9-12(6-7-15(13)23-2)10-16(22)21-8-4-5-14(11-21)17(18,19)20/h3,6-7,9,14H,1,4-5,8,10-11H2,2H3. The van der Waals surface area contributed by atoms with Crippen molar-refractivity contribution in [3.05, 3.63) is 35.9 Å². The van der Waals surface area contributed by atoms with Crippen molar-refractivity contribution in [1.82, 2.24) is 4.90 Å². The molecule has 1 aromatic rings. The number of piperidine rings is 1. The largest absolute Gasteiger partial charge is 0.496 e. The first kappa shape index (κ1) is 17.4. The van der Waals surface area contributed by atoms with E-state index in [2.05, 4.69) is 6.58 Å². The van der Waals surface area contributed by atoms with Gasteiger partial charge in [-0.2, -0.15) is 13.2 Å². The first-order valence-corrected chi connectivity index (χ1v) is 7.49. The summed E-state index contributed by atoms with van der Waals surface area (Å²) in [6, 6.07) is 5.25. The number of hydrogen-bond acceptors (Lipinski definition) is 2. The van der Waals surface area contributed by atoms with Crippen LogP contribution in [0, 0.1) is 5.92 Å². The van der Waals surface area contributed by atoms with Gasteiger partial charge in [0.05, 0.1) is 19.4 Å². The van der Waals surface area contributed by atoms with Gasteiger partial charge in [-0.3, -0.25) is 4.79 Å². The van der Waals surface area contributed by atoms with Crippen LogP contribution in [-0.2, 0) is 11.2 Å². The number of nitrogens with zero attached hydrogens (tertiary/aromatic N) is 1. The number of likely N-dealkylation sites (tertiary alicyclic amines) is 1. The number of rotatable bonds is 4. The number of halogens is 3.